The molecule has 0 amide bonds. The number of rotatable bonds is 7. The molecule has 5 aromatic rings. The molecule has 0 unspecified atom stereocenters. The van der Waals surface area contributed by atoms with Crippen LogP contribution in [0.5, 0.6) is 11.5 Å². The highest BCUT2D eigenvalue weighted by Gasteiger charge is 2.19. The van der Waals surface area contributed by atoms with Crippen LogP contribution in [-0.4, -0.2) is 39.5 Å². The van der Waals surface area contributed by atoms with E-state index in [4.69, 9.17) is 19.7 Å². The summed E-state index contributed by atoms with van der Waals surface area (Å²) in [6.45, 7) is 0.381. The van der Waals surface area contributed by atoms with Gasteiger partial charge >= 0.3 is 0 Å². The minimum atomic E-state index is -0.157. The Balaban J connectivity index is 1.40. The Bertz CT molecular complexity index is 1340. The van der Waals surface area contributed by atoms with Crippen molar-refractivity contribution in [1.82, 2.24) is 19.7 Å². The molecule has 0 aliphatic carbocycles. The number of nitrogens with zero attached hydrogens (tertiary/aromatic N) is 3. The van der Waals surface area contributed by atoms with Gasteiger partial charge in [-0.2, -0.15) is 4.98 Å². The number of methoxy groups -OCH3 is 1. The summed E-state index contributed by atoms with van der Waals surface area (Å²) in [5.41, 5.74) is 10.4. The molecule has 0 radical (unpaired) electrons. The molecule has 3 N–H and O–H groups in total. The fraction of sp³-hybridized carbons (Fsp3) is 0.217. The number of hydrogen-bond acceptors (Lipinski definition) is 6. The molecule has 0 aliphatic heterocycles. The van der Waals surface area contributed by atoms with E-state index in [2.05, 4.69) is 27.3 Å². The molecule has 1 atom stereocenters. The van der Waals surface area contributed by atoms with Crippen molar-refractivity contribution < 1.29 is 14.0 Å². The highest BCUT2D eigenvalue weighted by atomic mass is 16.5. The standard InChI is InChI=1S/C23H23N5O3/c1-28-19(23-26-13-27-31-23)10-17-20(7-8-21(29-2)22(17)28)30-12-15(24)9-14-11-25-18-6-4-3-5-16(14)18/h3-8,10-11,13,15,25H,9,12,24H2,1-2H3/t15-/m1/s1. The first-order chi connectivity index (χ1) is 15.2. The Morgan fingerprint density at radius 1 is 1.16 bits per heavy atom. The maximum Gasteiger partial charge on any atom is 0.274 e. The molecular formula is C23H23N5O3. The minimum Gasteiger partial charge on any atom is -0.495 e. The Labute approximate surface area is 178 Å². The molecule has 0 bridgehead atoms. The average Bonchev–Trinajstić information content (AvgIpc) is 3.52. The number of benzene rings is 2. The Morgan fingerprint density at radius 3 is 2.81 bits per heavy atom. The van der Waals surface area contributed by atoms with Crippen LogP contribution in [0.25, 0.3) is 33.4 Å². The first kappa shape index (κ1) is 19.2. The molecule has 2 aromatic carbocycles. The first-order valence-electron chi connectivity index (χ1n) is 10.0. The van der Waals surface area contributed by atoms with Crippen LogP contribution in [-0.2, 0) is 13.5 Å². The first-order valence-corrected chi connectivity index (χ1v) is 10.0. The van der Waals surface area contributed by atoms with Crippen LogP contribution in [0.1, 0.15) is 5.56 Å². The van der Waals surface area contributed by atoms with Gasteiger partial charge in [0.2, 0.25) is 0 Å². The van der Waals surface area contributed by atoms with Crippen LogP contribution in [0.3, 0.4) is 0 Å². The summed E-state index contributed by atoms with van der Waals surface area (Å²) in [6.07, 6.45) is 4.11. The molecule has 5 rings (SSSR count). The van der Waals surface area contributed by atoms with Gasteiger partial charge in [-0.15, -0.1) is 0 Å². The molecule has 8 nitrogen and oxygen atoms in total. The second-order valence-corrected chi connectivity index (χ2v) is 7.50. The number of ether oxygens (including phenoxy) is 2. The van der Waals surface area contributed by atoms with Crippen molar-refractivity contribution in [3.05, 3.63) is 60.6 Å². The van der Waals surface area contributed by atoms with E-state index in [0.29, 0.717) is 18.9 Å². The molecule has 0 spiro atoms. The summed E-state index contributed by atoms with van der Waals surface area (Å²) in [4.78, 5) is 7.46. The van der Waals surface area contributed by atoms with Gasteiger partial charge < -0.3 is 29.3 Å². The van der Waals surface area contributed by atoms with Gasteiger partial charge in [-0.1, -0.05) is 23.4 Å². The van der Waals surface area contributed by atoms with Crippen molar-refractivity contribution in [2.45, 2.75) is 12.5 Å². The van der Waals surface area contributed by atoms with Crippen LogP contribution < -0.4 is 15.2 Å². The van der Waals surface area contributed by atoms with Crippen molar-refractivity contribution in [2.24, 2.45) is 12.8 Å². The van der Waals surface area contributed by atoms with E-state index >= 15 is 0 Å². The zero-order valence-corrected chi connectivity index (χ0v) is 17.3. The van der Waals surface area contributed by atoms with E-state index in [1.54, 1.807) is 7.11 Å². The van der Waals surface area contributed by atoms with E-state index in [0.717, 1.165) is 33.6 Å². The summed E-state index contributed by atoms with van der Waals surface area (Å²) in [6, 6.07) is 13.8. The summed E-state index contributed by atoms with van der Waals surface area (Å²) in [5.74, 6) is 1.90. The maximum absolute atomic E-state index is 6.41. The van der Waals surface area contributed by atoms with Gasteiger partial charge in [-0.25, -0.2) is 0 Å². The molecule has 3 heterocycles. The number of nitrogens with two attached hydrogens (primary N) is 1. The van der Waals surface area contributed by atoms with Crippen molar-refractivity contribution in [1.29, 1.82) is 0 Å². The molecule has 0 saturated heterocycles. The van der Waals surface area contributed by atoms with Gasteiger partial charge in [0.1, 0.15) is 23.8 Å². The molecule has 8 heteroatoms. The van der Waals surface area contributed by atoms with Crippen LogP contribution >= 0.6 is 0 Å². The molecule has 31 heavy (non-hydrogen) atoms. The predicted octanol–water partition coefficient (Wildman–Crippen LogP) is 3.67. The zero-order chi connectivity index (χ0) is 21.4. The number of aromatic nitrogens is 4. The fourth-order valence-electron chi connectivity index (χ4n) is 4.03. The van der Waals surface area contributed by atoms with Gasteiger partial charge in [0.05, 0.1) is 12.6 Å². The maximum atomic E-state index is 6.41. The molecular weight excluding hydrogens is 394 g/mol. The number of hydrogen-bond donors (Lipinski definition) is 2. The third-order valence-electron chi connectivity index (χ3n) is 5.53. The van der Waals surface area contributed by atoms with Crippen LogP contribution in [0, 0.1) is 0 Å². The lowest BCUT2D eigenvalue weighted by Gasteiger charge is -2.15. The lowest BCUT2D eigenvalue weighted by atomic mass is 10.1. The summed E-state index contributed by atoms with van der Waals surface area (Å²) < 4.78 is 18.9. The van der Waals surface area contributed by atoms with E-state index < -0.39 is 0 Å². The summed E-state index contributed by atoms with van der Waals surface area (Å²) >= 11 is 0. The smallest absolute Gasteiger partial charge is 0.274 e. The van der Waals surface area contributed by atoms with Gasteiger partial charge in [0.15, 0.2) is 6.33 Å². The van der Waals surface area contributed by atoms with Crippen molar-refractivity contribution >= 4 is 21.8 Å². The molecule has 0 aliphatic rings. The molecule has 158 valence electrons. The molecule has 0 saturated carbocycles. The number of aryl methyl sites for hydroxylation is 1. The van der Waals surface area contributed by atoms with Crippen LogP contribution in [0.15, 0.2) is 59.5 Å². The monoisotopic (exact) mass is 417 g/mol. The fourth-order valence-corrected chi connectivity index (χ4v) is 4.03. The van der Waals surface area contributed by atoms with Crippen molar-refractivity contribution in [3.63, 3.8) is 0 Å². The van der Waals surface area contributed by atoms with Crippen LogP contribution in [0.4, 0.5) is 0 Å². The quantitative estimate of drug-likeness (QED) is 0.419. The lowest BCUT2D eigenvalue weighted by Crippen LogP contribution is -2.30. The van der Waals surface area contributed by atoms with E-state index in [-0.39, 0.29) is 6.04 Å². The predicted molar refractivity (Wildman–Crippen MR) is 118 cm³/mol. The van der Waals surface area contributed by atoms with E-state index in [9.17, 15) is 0 Å². The second kappa shape index (κ2) is 7.81. The molecule has 3 aromatic heterocycles. The second-order valence-electron chi connectivity index (χ2n) is 7.50. The normalized spacial score (nSPS) is 12.5. The Morgan fingerprint density at radius 2 is 2.00 bits per heavy atom. The van der Waals surface area contributed by atoms with Gasteiger partial charge in [-0.3, -0.25) is 0 Å². The zero-order valence-electron chi connectivity index (χ0n) is 17.3. The minimum absolute atomic E-state index is 0.157. The Hall–Kier alpha value is -3.78. The number of fused-ring (bicyclic) bond motifs is 2. The third-order valence-corrected chi connectivity index (χ3v) is 5.53. The number of aromatic amines is 1. The number of H-pyrrole nitrogens is 1. The highest BCUT2D eigenvalue weighted by Crippen LogP contribution is 2.38. The number of para-hydroxylation sites is 1. The SMILES string of the molecule is COc1ccc(OC[C@H](N)Cc2c[nH]c3ccccc23)c2cc(-c3ncno3)n(C)c12. The lowest BCUT2D eigenvalue weighted by molar-refractivity contribution is 0.290. The number of nitrogens with one attached hydrogen (secondary N) is 1. The van der Waals surface area contributed by atoms with Crippen molar-refractivity contribution in [3.8, 4) is 23.1 Å². The van der Waals surface area contributed by atoms with Gasteiger partial charge in [0, 0.05) is 35.6 Å². The Kier molecular flexibility index (Phi) is 4.83. The summed E-state index contributed by atoms with van der Waals surface area (Å²) in [7, 11) is 3.57. The average molecular weight is 417 g/mol. The summed E-state index contributed by atoms with van der Waals surface area (Å²) in [5, 5.41) is 5.80. The third kappa shape index (κ3) is 3.40. The van der Waals surface area contributed by atoms with Gasteiger partial charge in [-0.05, 0) is 36.2 Å². The largest absolute Gasteiger partial charge is 0.495 e. The topological polar surface area (TPSA) is 104 Å². The molecule has 0 fully saturated rings. The van der Waals surface area contributed by atoms with Gasteiger partial charge in [0.25, 0.3) is 5.89 Å². The van der Waals surface area contributed by atoms with Crippen molar-refractivity contribution in [2.75, 3.05) is 13.7 Å². The van der Waals surface area contributed by atoms with Crippen LogP contribution in [0.2, 0.25) is 0 Å². The highest BCUT2D eigenvalue weighted by molar-refractivity contribution is 5.95. The van der Waals surface area contributed by atoms with E-state index in [1.807, 2.05) is 48.1 Å². The van der Waals surface area contributed by atoms with E-state index in [1.165, 1.54) is 17.3 Å².